The molecule has 0 spiro atoms. The van der Waals surface area contributed by atoms with Crippen molar-refractivity contribution in [2.75, 3.05) is 12.4 Å². The zero-order valence-electron chi connectivity index (χ0n) is 10.7. The van der Waals surface area contributed by atoms with E-state index < -0.39 is 5.95 Å². The highest BCUT2D eigenvalue weighted by atomic mass is 19.1. The zero-order chi connectivity index (χ0) is 13.2. The van der Waals surface area contributed by atoms with Gasteiger partial charge in [-0.2, -0.15) is 4.39 Å². The van der Waals surface area contributed by atoms with Crippen LogP contribution in [0.2, 0.25) is 0 Å². The molecule has 1 heterocycles. The summed E-state index contributed by atoms with van der Waals surface area (Å²) in [4.78, 5) is 3.84. The van der Waals surface area contributed by atoms with E-state index in [-0.39, 0.29) is 6.04 Å². The molecule has 2 aromatic rings. The number of fused-ring (bicyclic) bond motifs is 1. The van der Waals surface area contributed by atoms with Gasteiger partial charge in [-0.15, -0.1) is 0 Å². The SMILES string of the molecule is COc1ccc2c(c1)C(Nc1cccc(F)n1)CC2. The molecule has 98 valence electrons. The van der Waals surface area contributed by atoms with E-state index in [0.717, 1.165) is 18.6 Å². The minimum Gasteiger partial charge on any atom is -0.497 e. The highest BCUT2D eigenvalue weighted by molar-refractivity contribution is 5.46. The smallest absolute Gasteiger partial charge is 0.214 e. The number of methoxy groups -OCH3 is 1. The van der Waals surface area contributed by atoms with E-state index in [1.54, 1.807) is 19.2 Å². The number of rotatable bonds is 3. The van der Waals surface area contributed by atoms with Gasteiger partial charge in [0, 0.05) is 0 Å². The van der Waals surface area contributed by atoms with Gasteiger partial charge in [-0.3, -0.25) is 0 Å². The second-order valence-electron chi connectivity index (χ2n) is 4.65. The molecular weight excluding hydrogens is 243 g/mol. The normalized spacial score (nSPS) is 17.1. The molecule has 0 saturated heterocycles. The Hall–Kier alpha value is -2.10. The highest BCUT2D eigenvalue weighted by Crippen LogP contribution is 2.35. The van der Waals surface area contributed by atoms with Gasteiger partial charge in [-0.1, -0.05) is 12.1 Å². The summed E-state index contributed by atoms with van der Waals surface area (Å²) in [6.07, 6.45) is 2.01. The topological polar surface area (TPSA) is 34.1 Å². The first kappa shape index (κ1) is 12.0. The fourth-order valence-electron chi connectivity index (χ4n) is 2.52. The van der Waals surface area contributed by atoms with Crippen LogP contribution < -0.4 is 10.1 Å². The number of aryl methyl sites for hydroxylation is 1. The summed E-state index contributed by atoms with van der Waals surface area (Å²) in [6, 6.07) is 11.1. The van der Waals surface area contributed by atoms with Crippen LogP contribution in [0.3, 0.4) is 0 Å². The summed E-state index contributed by atoms with van der Waals surface area (Å²) >= 11 is 0. The summed E-state index contributed by atoms with van der Waals surface area (Å²) in [5.74, 6) is 0.953. The monoisotopic (exact) mass is 258 g/mol. The van der Waals surface area contributed by atoms with Crippen molar-refractivity contribution in [2.24, 2.45) is 0 Å². The quantitative estimate of drug-likeness (QED) is 0.857. The van der Waals surface area contributed by atoms with E-state index in [9.17, 15) is 4.39 Å². The average molecular weight is 258 g/mol. The van der Waals surface area contributed by atoms with Crippen LogP contribution in [-0.2, 0) is 6.42 Å². The maximum atomic E-state index is 13.1. The van der Waals surface area contributed by atoms with Gasteiger partial charge in [0.2, 0.25) is 5.95 Å². The molecule has 0 fully saturated rings. The van der Waals surface area contributed by atoms with E-state index in [1.807, 2.05) is 12.1 Å². The Morgan fingerprint density at radius 3 is 3.00 bits per heavy atom. The van der Waals surface area contributed by atoms with Crippen LogP contribution in [-0.4, -0.2) is 12.1 Å². The molecule has 1 aromatic heterocycles. The van der Waals surface area contributed by atoms with Gasteiger partial charge in [0.05, 0.1) is 13.2 Å². The molecular formula is C15H15FN2O. The molecule has 1 atom stereocenters. The first-order chi connectivity index (χ1) is 9.26. The van der Waals surface area contributed by atoms with Crippen LogP contribution >= 0.6 is 0 Å². The van der Waals surface area contributed by atoms with E-state index in [1.165, 1.54) is 17.2 Å². The number of benzene rings is 1. The Morgan fingerprint density at radius 1 is 1.32 bits per heavy atom. The van der Waals surface area contributed by atoms with Crippen molar-refractivity contribution in [2.45, 2.75) is 18.9 Å². The first-order valence-corrected chi connectivity index (χ1v) is 6.32. The Labute approximate surface area is 111 Å². The Morgan fingerprint density at radius 2 is 2.21 bits per heavy atom. The third kappa shape index (κ3) is 2.38. The van der Waals surface area contributed by atoms with Crippen molar-refractivity contribution in [1.82, 2.24) is 4.98 Å². The van der Waals surface area contributed by atoms with Gasteiger partial charge in [-0.25, -0.2) is 4.98 Å². The minimum atomic E-state index is -0.464. The molecule has 1 N–H and O–H groups in total. The van der Waals surface area contributed by atoms with Crippen molar-refractivity contribution >= 4 is 5.82 Å². The van der Waals surface area contributed by atoms with Crippen molar-refractivity contribution in [1.29, 1.82) is 0 Å². The molecule has 0 bridgehead atoms. The third-order valence-electron chi connectivity index (χ3n) is 3.47. The van der Waals surface area contributed by atoms with Crippen molar-refractivity contribution in [3.63, 3.8) is 0 Å². The molecule has 1 aromatic carbocycles. The summed E-state index contributed by atoms with van der Waals surface area (Å²) in [5, 5.41) is 3.28. The van der Waals surface area contributed by atoms with E-state index in [4.69, 9.17) is 4.74 Å². The first-order valence-electron chi connectivity index (χ1n) is 6.32. The van der Waals surface area contributed by atoms with Gasteiger partial charge in [0.25, 0.3) is 0 Å². The molecule has 1 aliphatic rings. The number of pyridine rings is 1. The van der Waals surface area contributed by atoms with Crippen molar-refractivity contribution < 1.29 is 9.13 Å². The van der Waals surface area contributed by atoms with Crippen molar-refractivity contribution in [3.05, 3.63) is 53.5 Å². The van der Waals surface area contributed by atoms with E-state index in [0.29, 0.717) is 5.82 Å². The lowest BCUT2D eigenvalue weighted by Crippen LogP contribution is -2.08. The van der Waals surface area contributed by atoms with Gasteiger partial charge in [0.1, 0.15) is 11.6 Å². The maximum absolute atomic E-state index is 13.1. The van der Waals surface area contributed by atoms with Crippen LogP contribution in [0, 0.1) is 5.95 Å². The summed E-state index contributed by atoms with van der Waals surface area (Å²) in [5.41, 5.74) is 2.53. The molecule has 4 heteroatoms. The molecule has 1 unspecified atom stereocenters. The average Bonchev–Trinajstić information content (AvgIpc) is 2.81. The van der Waals surface area contributed by atoms with E-state index in [2.05, 4.69) is 16.4 Å². The molecule has 0 saturated carbocycles. The summed E-state index contributed by atoms with van der Waals surface area (Å²) in [6.45, 7) is 0. The lowest BCUT2D eigenvalue weighted by Gasteiger charge is -2.15. The number of nitrogens with zero attached hydrogens (tertiary/aromatic N) is 1. The van der Waals surface area contributed by atoms with Gasteiger partial charge in [-0.05, 0) is 48.2 Å². The predicted octanol–water partition coefficient (Wildman–Crippen LogP) is 3.33. The number of nitrogens with one attached hydrogen (secondary N) is 1. The number of ether oxygens (including phenoxy) is 1. The Bertz CT molecular complexity index is 600. The summed E-state index contributed by atoms with van der Waals surface area (Å²) < 4.78 is 18.3. The molecule has 0 aliphatic heterocycles. The zero-order valence-corrected chi connectivity index (χ0v) is 10.7. The lowest BCUT2D eigenvalue weighted by molar-refractivity contribution is 0.414. The minimum absolute atomic E-state index is 0.166. The van der Waals surface area contributed by atoms with Gasteiger partial charge < -0.3 is 10.1 Å². The van der Waals surface area contributed by atoms with Crippen LogP contribution in [0.5, 0.6) is 5.75 Å². The number of hydrogen-bond acceptors (Lipinski definition) is 3. The van der Waals surface area contributed by atoms with Gasteiger partial charge in [0.15, 0.2) is 0 Å². The molecule has 0 radical (unpaired) electrons. The second kappa shape index (κ2) is 4.88. The standard InChI is InChI=1S/C15H15FN2O/c1-19-11-7-5-10-6-8-13(12(10)9-11)17-15-4-2-3-14(16)18-15/h2-5,7,9,13H,6,8H2,1H3,(H,17,18). The molecule has 19 heavy (non-hydrogen) atoms. The van der Waals surface area contributed by atoms with Crippen molar-refractivity contribution in [3.8, 4) is 5.75 Å². The largest absolute Gasteiger partial charge is 0.497 e. The van der Waals surface area contributed by atoms with Gasteiger partial charge >= 0.3 is 0 Å². The summed E-state index contributed by atoms with van der Waals surface area (Å²) in [7, 11) is 1.66. The highest BCUT2D eigenvalue weighted by Gasteiger charge is 2.23. The molecule has 3 rings (SSSR count). The molecule has 0 amide bonds. The Balaban J connectivity index is 1.85. The maximum Gasteiger partial charge on any atom is 0.214 e. The number of hydrogen-bond donors (Lipinski definition) is 1. The van der Waals surface area contributed by atoms with Crippen LogP contribution in [0.15, 0.2) is 36.4 Å². The predicted molar refractivity (Wildman–Crippen MR) is 71.9 cm³/mol. The molecule has 3 nitrogen and oxygen atoms in total. The third-order valence-corrected chi connectivity index (χ3v) is 3.47. The Kier molecular flexibility index (Phi) is 3.07. The fraction of sp³-hybridized carbons (Fsp3) is 0.267. The number of halogens is 1. The van der Waals surface area contributed by atoms with Crippen LogP contribution in [0.4, 0.5) is 10.2 Å². The second-order valence-corrected chi connectivity index (χ2v) is 4.65. The number of aromatic nitrogens is 1. The number of anilines is 1. The fourth-order valence-corrected chi connectivity index (χ4v) is 2.52. The van der Waals surface area contributed by atoms with Crippen LogP contribution in [0.25, 0.3) is 0 Å². The lowest BCUT2D eigenvalue weighted by atomic mass is 10.1. The molecule has 1 aliphatic carbocycles. The van der Waals surface area contributed by atoms with Crippen LogP contribution in [0.1, 0.15) is 23.6 Å². The van der Waals surface area contributed by atoms with E-state index >= 15 is 0 Å².